The Bertz CT molecular complexity index is 847. The van der Waals surface area contributed by atoms with Crippen LogP contribution in [-0.4, -0.2) is 28.6 Å². The second-order valence-corrected chi connectivity index (χ2v) is 6.51. The van der Waals surface area contributed by atoms with E-state index in [9.17, 15) is 0 Å². The minimum Gasteiger partial charge on any atom is -0.497 e. The van der Waals surface area contributed by atoms with Gasteiger partial charge in [-0.05, 0) is 55.2 Å². The summed E-state index contributed by atoms with van der Waals surface area (Å²) in [6.45, 7) is 0.176. The van der Waals surface area contributed by atoms with E-state index < -0.39 is 0 Å². The molecule has 25 heavy (non-hydrogen) atoms. The van der Waals surface area contributed by atoms with Gasteiger partial charge in [0.2, 0.25) is 0 Å². The first-order chi connectivity index (χ1) is 12.3. The van der Waals surface area contributed by atoms with E-state index in [0.717, 1.165) is 28.3 Å². The summed E-state index contributed by atoms with van der Waals surface area (Å²) >= 11 is 0. The van der Waals surface area contributed by atoms with E-state index in [-0.39, 0.29) is 6.61 Å². The number of ether oxygens (including phenoxy) is 1. The van der Waals surface area contributed by atoms with Gasteiger partial charge in [0.15, 0.2) is 0 Å². The van der Waals surface area contributed by atoms with Crippen LogP contribution >= 0.6 is 0 Å². The van der Waals surface area contributed by atoms with Crippen LogP contribution in [0.4, 0.5) is 0 Å². The topological polar surface area (TPSA) is 47.3 Å². The number of nitrogens with zero attached hydrogens (tertiary/aromatic N) is 2. The fourth-order valence-electron chi connectivity index (χ4n) is 3.08. The molecule has 1 aliphatic rings. The lowest BCUT2D eigenvalue weighted by molar-refractivity contribution is 0.299. The van der Waals surface area contributed by atoms with Crippen molar-refractivity contribution < 1.29 is 9.84 Å². The number of aliphatic hydroxyl groups is 1. The third-order valence-corrected chi connectivity index (χ3v) is 4.69. The minimum absolute atomic E-state index is 0.176. The fourth-order valence-corrected chi connectivity index (χ4v) is 3.08. The van der Waals surface area contributed by atoms with Crippen molar-refractivity contribution >= 4 is 0 Å². The van der Waals surface area contributed by atoms with E-state index in [1.807, 2.05) is 28.9 Å². The Balaban J connectivity index is 1.74. The Kier molecular flexibility index (Phi) is 4.28. The van der Waals surface area contributed by atoms with E-state index in [2.05, 4.69) is 30.3 Å². The van der Waals surface area contributed by atoms with Crippen molar-refractivity contribution in [2.45, 2.75) is 25.2 Å². The molecule has 0 spiro atoms. The lowest BCUT2D eigenvalue weighted by Crippen LogP contribution is -2.00. The summed E-state index contributed by atoms with van der Waals surface area (Å²) in [4.78, 5) is 0. The molecule has 1 aliphatic carbocycles. The van der Waals surface area contributed by atoms with Crippen LogP contribution in [0.2, 0.25) is 0 Å². The highest BCUT2D eigenvalue weighted by Gasteiger charge is 2.27. The van der Waals surface area contributed by atoms with Gasteiger partial charge in [0.25, 0.3) is 0 Å². The first kappa shape index (κ1) is 15.9. The molecule has 1 N–H and O–H groups in total. The van der Waals surface area contributed by atoms with Crippen LogP contribution in [-0.2, 0) is 6.42 Å². The maximum absolute atomic E-state index is 9.09. The van der Waals surface area contributed by atoms with Gasteiger partial charge < -0.3 is 9.84 Å². The predicted octanol–water partition coefficient (Wildman–Crippen LogP) is 3.96. The molecule has 2 aromatic carbocycles. The van der Waals surface area contributed by atoms with Gasteiger partial charge in [-0.2, -0.15) is 5.10 Å². The SMILES string of the molecule is COc1ccc(-n2nc(C3CC3)cc2-c2ccc(CCO)cc2)cc1. The number of rotatable bonds is 6. The van der Waals surface area contributed by atoms with Crippen LogP contribution in [0.5, 0.6) is 5.75 Å². The minimum atomic E-state index is 0.176. The second kappa shape index (κ2) is 6.73. The highest BCUT2D eigenvalue weighted by Crippen LogP contribution is 2.41. The van der Waals surface area contributed by atoms with Crippen LogP contribution in [0.25, 0.3) is 16.9 Å². The zero-order chi connectivity index (χ0) is 17.2. The Morgan fingerprint density at radius 1 is 1.08 bits per heavy atom. The van der Waals surface area contributed by atoms with E-state index in [1.165, 1.54) is 18.5 Å². The molecule has 0 radical (unpaired) electrons. The average molecular weight is 334 g/mol. The molecular formula is C21H22N2O2. The highest BCUT2D eigenvalue weighted by molar-refractivity contribution is 5.63. The first-order valence-electron chi connectivity index (χ1n) is 8.73. The molecule has 4 heteroatoms. The summed E-state index contributed by atoms with van der Waals surface area (Å²) in [5.41, 5.74) is 5.58. The van der Waals surface area contributed by atoms with Crippen molar-refractivity contribution in [2.75, 3.05) is 13.7 Å². The number of aliphatic hydroxyl groups excluding tert-OH is 1. The molecule has 1 aromatic heterocycles. The second-order valence-electron chi connectivity index (χ2n) is 6.51. The third-order valence-electron chi connectivity index (χ3n) is 4.69. The van der Waals surface area contributed by atoms with Crippen LogP contribution in [0, 0.1) is 0 Å². The molecular weight excluding hydrogens is 312 g/mol. The van der Waals surface area contributed by atoms with Gasteiger partial charge >= 0.3 is 0 Å². The van der Waals surface area contributed by atoms with Crippen LogP contribution < -0.4 is 4.74 Å². The largest absolute Gasteiger partial charge is 0.497 e. The molecule has 4 rings (SSSR count). The molecule has 0 saturated heterocycles. The maximum atomic E-state index is 9.09. The zero-order valence-electron chi connectivity index (χ0n) is 14.4. The number of hydrogen-bond acceptors (Lipinski definition) is 3. The summed E-state index contributed by atoms with van der Waals surface area (Å²) in [6.07, 6.45) is 3.15. The van der Waals surface area contributed by atoms with E-state index in [1.54, 1.807) is 7.11 Å². The monoisotopic (exact) mass is 334 g/mol. The maximum Gasteiger partial charge on any atom is 0.119 e. The molecule has 0 atom stereocenters. The van der Waals surface area contributed by atoms with Gasteiger partial charge in [0.05, 0.1) is 24.2 Å². The molecule has 3 aromatic rings. The smallest absolute Gasteiger partial charge is 0.119 e. The van der Waals surface area contributed by atoms with Gasteiger partial charge in [-0.1, -0.05) is 24.3 Å². The Morgan fingerprint density at radius 2 is 1.80 bits per heavy atom. The normalized spacial score (nSPS) is 13.8. The van der Waals surface area contributed by atoms with Gasteiger partial charge in [0.1, 0.15) is 5.75 Å². The molecule has 1 saturated carbocycles. The fraction of sp³-hybridized carbons (Fsp3) is 0.286. The molecule has 0 aliphatic heterocycles. The average Bonchev–Trinajstić information content (AvgIpc) is 3.42. The molecule has 128 valence electrons. The van der Waals surface area contributed by atoms with Crippen molar-refractivity contribution in [3.05, 3.63) is 65.9 Å². The summed E-state index contributed by atoms with van der Waals surface area (Å²) < 4.78 is 7.28. The van der Waals surface area contributed by atoms with Crippen LogP contribution in [0.1, 0.15) is 30.0 Å². The lowest BCUT2D eigenvalue weighted by atomic mass is 10.1. The number of hydrogen-bond donors (Lipinski definition) is 1. The standard InChI is InChI=1S/C21H22N2O2/c1-25-19-10-8-18(9-11-19)23-21(14-20(22-23)16-6-7-16)17-4-2-15(3-5-17)12-13-24/h2-5,8-11,14,16,24H,6-7,12-13H2,1H3. The Hall–Kier alpha value is -2.59. The molecule has 0 bridgehead atoms. The molecule has 1 fully saturated rings. The first-order valence-corrected chi connectivity index (χ1v) is 8.73. The van der Waals surface area contributed by atoms with Crippen LogP contribution in [0.15, 0.2) is 54.6 Å². The lowest BCUT2D eigenvalue weighted by Gasteiger charge is -2.09. The van der Waals surface area contributed by atoms with E-state index >= 15 is 0 Å². The van der Waals surface area contributed by atoms with Crippen molar-refractivity contribution in [1.29, 1.82) is 0 Å². The van der Waals surface area contributed by atoms with Crippen molar-refractivity contribution in [3.63, 3.8) is 0 Å². The summed E-state index contributed by atoms with van der Waals surface area (Å²) in [5, 5.41) is 14.0. The Morgan fingerprint density at radius 3 is 2.40 bits per heavy atom. The summed E-state index contributed by atoms with van der Waals surface area (Å²) in [5.74, 6) is 1.44. The molecule has 0 amide bonds. The third kappa shape index (κ3) is 3.30. The number of benzene rings is 2. The quantitative estimate of drug-likeness (QED) is 0.742. The number of aromatic nitrogens is 2. The van der Waals surface area contributed by atoms with Gasteiger partial charge in [0, 0.05) is 18.1 Å². The van der Waals surface area contributed by atoms with Gasteiger partial charge in [-0.15, -0.1) is 0 Å². The number of methoxy groups -OCH3 is 1. The van der Waals surface area contributed by atoms with Gasteiger partial charge in [-0.25, -0.2) is 4.68 Å². The molecule has 0 unspecified atom stereocenters. The summed E-state index contributed by atoms with van der Waals surface area (Å²) in [6, 6.07) is 18.6. The predicted molar refractivity (Wildman–Crippen MR) is 98.3 cm³/mol. The molecule has 4 nitrogen and oxygen atoms in total. The van der Waals surface area contributed by atoms with E-state index in [4.69, 9.17) is 14.9 Å². The summed E-state index contributed by atoms with van der Waals surface area (Å²) in [7, 11) is 1.67. The Labute approximate surface area is 147 Å². The zero-order valence-corrected chi connectivity index (χ0v) is 14.4. The van der Waals surface area contributed by atoms with Crippen molar-refractivity contribution in [2.24, 2.45) is 0 Å². The van der Waals surface area contributed by atoms with Gasteiger partial charge in [-0.3, -0.25) is 0 Å². The van der Waals surface area contributed by atoms with E-state index in [0.29, 0.717) is 12.3 Å². The van der Waals surface area contributed by atoms with Crippen molar-refractivity contribution in [1.82, 2.24) is 9.78 Å². The highest BCUT2D eigenvalue weighted by atomic mass is 16.5. The molecule has 1 heterocycles. The van der Waals surface area contributed by atoms with Crippen LogP contribution in [0.3, 0.4) is 0 Å². The van der Waals surface area contributed by atoms with Crippen molar-refractivity contribution in [3.8, 4) is 22.7 Å².